The standard InChI is InChI=1S/C34H31FN6/c35-27-13-10-24(11-14-27)32-34(41(22-37-32)28-16-17-40(21-28)20-23-6-2-1-3-7-23)25-12-15-31-30(18-25)33(39-38-31)29-9-5-4-8-26(29)19-36/h1-15,18,22,28H,16-17,19-21,36H2,(H,38,39). The van der Waals surface area contributed by atoms with Crippen molar-refractivity contribution in [2.75, 3.05) is 13.1 Å². The lowest BCUT2D eigenvalue weighted by molar-refractivity contribution is 0.316. The summed E-state index contributed by atoms with van der Waals surface area (Å²) < 4.78 is 16.2. The van der Waals surface area contributed by atoms with Crippen LogP contribution in [0.1, 0.15) is 23.6 Å². The molecule has 1 aliphatic rings. The van der Waals surface area contributed by atoms with Crippen molar-refractivity contribution in [1.82, 2.24) is 24.6 Å². The molecule has 204 valence electrons. The molecule has 7 rings (SSSR count). The number of rotatable bonds is 7. The summed E-state index contributed by atoms with van der Waals surface area (Å²) >= 11 is 0. The molecule has 1 unspecified atom stereocenters. The third-order valence-electron chi connectivity index (χ3n) is 8.13. The zero-order valence-electron chi connectivity index (χ0n) is 22.7. The Hall–Kier alpha value is -4.59. The van der Waals surface area contributed by atoms with Gasteiger partial charge in [-0.05, 0) is 53.9 Å². The van der Waals surface area contributed by atoms with Crippen LogP contribution in [-0.4, -0.2) is 37.7 Å². The minimum absolute atomic E-state index is 0.259. The summed E-state index contributed by atoms with van der Waals surface area (Å²) in [6, 6.07) is 32.0. The Labute approximate surface area is 238 Å². The Morgan fingerprint density at radius 1 is 0.878 bits per heavy atom. The number of imidazole rings is 1. The van der Waals surface area contributed by atoms with Gasteiger partial charge in [0, 0.05) is 54.3 Å². The van der Waals surface area contributed by atoms with Gasteiger partial charge in [0.1, 0.15) is 11.5 Å². The van der Waals surface area contributed by atoms with Gasteiger partial charge in [-0.2, -0.15) is 5.10 Å². The highest BCUT2D eigenvalue weighted by atomic mass is 19.1. The number of nitrogens with zero attached hydrogens (tertiary/aromatic N) is 4. The summed E-state index contributed by atoms with van der Waals surface area (Å²) in [5.74, 6) is -0.259. The fourth-order valence-electron chi connectivity index (χ4n) is 6.06. The summed E-state index contributed by atoms with van der Waals surface area (Å²) in [5.41, 5.74) is 15.1. The van der Waals surface area contributed by atoms with Crippen molar-refractivity contribution in [1.29, 1.82) is 0 Å². The fourth-order valence-corrected chi connectivity index (χ4v) is 6.06. The van der Waals surface area contributed by atoms with Gasteiger partial charge < -0.3 is 10.3 Å². The van der Waals surface area contributed by atoms with Crippen LogP contribution in [0.15, 0.2) is 103 Å². The maximum Gasteiger partial charge on any atom is 0.123 e. The van der Waals surface area contributed by atoms with E-state index in [4.69, 9.17) is 10.7 Å². The number of fused-ring (bicyclic) bond motifs is 1. The number of nitrogens with one attached hydrogen (secondary N) is 1. The Bertz CT molecular complexity index is 1800. The van der Waals surface area contributed by atoms with Crippen LogP contribution < -0.4 is 5.73 Å². The summed E-state index contributed by atoms with van der Waals surface area (Å²) in [5, 5.41) is 8.91. The van der Waals surface area contributed by atoms with Crippen LogP contribution in [0.5, 0.6) is 0 Å². The number of aromatic nitrogens is 4. The number of hydrogen-bond donors (Lipinski definition) is 2. The third kappa shape index (κ3) is 4.84. The van der Waals surface area contributed by atoms with Gasteiger partial charge in [0.25, 0.3) is 0 Å². The average Bonchev–Trinajstić information content (AvgIpc) is 3.76. The predicted octanol–water partition coefficient (Wildman–Crippen LogP) is 6.81. The van der Waals surface area contributed by atoms with Gasteiger partial charge in [-0.1, -0.05) is 60.7 Å². The highest BCUT2D eigenvalue weighted by molar-refractivity contribution is 5.97. The smallest absolute Gasteiger partial charge is 0.123 e. The second kappa shape index (κ2) is 10.8. The molecule has 0 bridgehead atoms. The number of hydrogen-bond acceptors (Lipinski definition) is 4. The van der Waals surface area contributed by atoms with Crippen LogP contribution in [0, 0.1) is 5.82 Å². The van der Waals surface area contributed by atoms with Gasteiger partial charge >= 0.3 is 0 Å². The highest BCUT2D eigenvalue weighted by Gasteiger charge is 2.28. The maximum atomic E-state index is 13.9. The molecule has 4 aromatic carbocycles. The number of benzene rings is 4. The number of likely N-dealkylation sites (tertiary alicyclic amines) is 1. The van der Waals surface area contributed by atoms with Crippen LogP contribution in [0.25, 0.3) is 44.7 Å². The lowest BCUT2D eigenvalue weighted by Crippen LogP contribution is -2.21. The lowest BCUT2D eigenvalue weighted by atomic mass is 9.98. The molecule has 7 heteroatoms. The Morgan fingerprint density at radius 3 is 2.49 bits per heavy atom. The highest BCUT2D eigenvalue weighted by Crippen LogP contribution is 2.38. The Morgan fingerprint density at radius 2 is 1.66 bits per heavy atom. The summed E-state index contributed by atoms with van der Waals surface area (Å²) in [4.78, 5) is 7.41. The van der Waals surface area contributed by atoms with Crippen molar-refractivity contribution in [2.45, 2.75) is 25.6 Å². The van der Waals surface area contributed by atoms with Gasteiger partial charge in [0.05, 0.1) is 23.2 Å². The monoisotopic (exact) mass is 542 g/mol. The van der Waals surface area contributed by atoms with Crippen molar-refractivity contribution in [3.8, 4) is 33.8 Å². The van der Waals surface area contributed by atoms with Gasteiger partial charge in [0.15, 0.2) is 0 Å². The van der Waals surface area contributed by atoms with E-state index in [2.05, 4.69) is 74.3 Å². The van der Waals surface area contributed by atoms with Gasteiger partial charge in [-0.3, -0.25) is 10.00 Å². The molecule has 1 atom stereocenters. The zero-order valence-corrected chi connectivity index (χ0v) is 22.7. The molecule has 1 fully saturated rings. The molecule has 41 heavy (non-hydrogen) atoms. The van der Waals surface area contributed by atoms with E-state index >= 15 is 0 Å². The van der Waals surface area contributed by atoms with Crippen LogP contribution in [0.4, 0.5) is 4.39 Å². The van der Waals surface area contributed by atoms with Crippen LogP contribution >= 0.6 is 0 Å². The van der Waals surface area contributed by atoms with E-state index in [-0.39, 0.29) is 11.9 Å². The van der Waals surface area contributed by atoms with Crippen molar-refractivity contribution in [3.05, 3.63) is 120 Å². The normalized spacial score (nSPS) is 15.6. The molecular weight excluding hydrogens is 511 g/mol. The van der Waals surface area contributed by atoms with Crippen molar-refractivity contribution in [3.63, 3.8) is 0 Å². The number of aromatic amines is 1. The fraction of sp³-hybridized carbons (Fsp3) is 0.176. The zero-order chi connectivity index (χ0) is 27.8. The van der Waals surface area contributed by atoms with E-state index < -0.39 is 0 Å². The maximum absolute atomic E-state index is 13.9. The molecule has 1 saturated heterocycles. The van der Waals surface area contributed by atoms with E-state index in [0.717, 1.165) is 76.3 Å². The van der Waals surface area contributed by atoms with Gasteiger partial charge in [0.2, 0.25) is 0 Å². The molecule has 0 spiro atoms. The van der Waals surface area contributed by atoms with Crippen LogP contribution in [-0.2, 0) is 13.1 Å². The first-order valence-corrected chi connectivity index (χ1v) is 14.0. The quantitative estimate of drug-likeness (QED) is 0.233. The molecule has 6 nitrogen and oxygen atoms in total. The molecular formula is C34H31FN6. The molecule has 3 N–H and O–H groups in total. The topological polar surface area (TPSA) is 75.8 Å². The van der Waals surface area contributed by atoms with E-state index in [1.54, 1.807) is 12.1 Å². The number of halogens is 1. The molecule has 0 saturated carbocycles. The van der Waals surface area contributed by atoms with Crippen LogP contribution in [0.2, 0.25) is 0 Å². The molecule has 0 amide bonds. The van der Waals surface area contributed by atoms with Crippen LogP contribution in [0.3, 0.4) is 0 Å². The lowest BCUT2D eigenvalue weighted by Gasteiger charge is -2.19. The molecule has 1 aliphatic heterocycles. The largest absolute Gasteiger partial charge is 0.326 e. The van der Waals surface area contributed by atoms with E-state index in [1.165, 1.54) is 17.7 Å². The second-order valence-corrected chi connectivity index (χ2v) is 10.7. The van der Waals surface area contributed by atoms with E-state index in [0.29, 0.717) is 6.54 Å². The SMILES string of the molecule is NCc1ccccc1-c1n[nH]c2ccc(-c3c(-c4ccc(F)cc4)ncn3C3CCN(Cc4ccccc4)C3)cc12. The van der Waals surface area contributed by atoms with Crippen molar-refractivity contribution >= 4 is 10.9 Å². The minimum atomic E-state index is -0.259. The summed E-state index contributed by atoms with van der Waals surface area (Å²) in [6.45, 7) is 3.32. The summed E-state index contributed by atoms with van der Waals surface area (Å²) in [7, 11) is 0. The first-order valence-electron chi connectivity index (χ1n) is 14.0. The third-order valence-corrected chi connectivity index (χ3v) is 8.13. The summed E-state index contributed by atoms with van der Waals surface area (Å²) in [6.07, 6.45) is 2.98. The second-order valence-electron chi connectivity index (χ2n) is 10.7. The Balaban J connectivity index is 1.32. The van der Waals surface area contributed by atoms with Gasteiger partial charge in [-0.25, -0.2) is 9.37 Å². The first kappa shape index (κ1) is 25.4. The van der Waals surface area contributed by atoms with Crippen molar-refractivity contribution < 1.29 is 4.39 Å². The molecule has 0 radical (unpaired) electrons. The number of nitrogens with two attached hydrogens (primary N) is 1. The molecule has 3 heterocycles. The van der Waals surface area contributed by atoms with Gasteiger partial charge in [-0.15, -0.1) is 0 Å². The first-order chi connectivity index (χ1) is 20.2. The molecule has 0 aliphatic carbocycles. The van der Waals surface area contributed by atoms with E-state index in [9.17, 15) is 4.39 Å². The van der Waals surface area contributed by atoms with E-state index in [1.807, 2.05) is 24.5 Å². The number of H-pyrrole nitrogens is 1. The molecule has 2 aromatic heterocycles. The molecule has 6 aromatic rings. The van der Waals surface area contributed by atoms with Crippen molar-refractivity contribution in [2.24, 2.45) is 5.73 Å². The minimum Gasteiger partial charge on any atom is -0.326 e. The average molecular weight is 543 g/mol. The Kier molecular flexibility index (Phi) is 6.66. The predicted molar refractivity (Wildman–Crippen MR) is 161 cm³/mol.